The fourth-order valence-corrected chi connectivity index (χ4v) is 3.30. The van der Waals surface area contributed by atoms with Crippen LogP contribution in [-0.2, 0) is 6.42 Å². The lowest BCUT2D eigenvalue weighted by Crippen LogP contribution is -2.10. The normalized spacial score (nSPS) is 11.0. The Labute approximate surface area is 145 Å². The van der Waals surface area contributed by atoms with Gasteiger partial charge in [0.15, 0.2) is 5.76 Å². The summed E-state index contributed by atoms with van der Waals surface area (Å²) in [4.78, 5) is 13.2. The standard InChI is InChI=1S/C16H10ClN3O3S/c17-13-6-5-10(24-13)8-14-19-20-16(23-14)18-15(21)12-7-9-3-1-2-4-11(9)22-12/h1-7H,8H2,(H,18,20,21). The molecule has 1 N–H and O–H groups in total. The van der Waals surface area contributed by atoms with Crippen LogP contribution in [0.25, 0.3) is 11.0 Å². The van der Waals surface area contributed by atoms with E-state index < -0.39 is 5.91 Å². The van der Waals surface area contributed by atoms with Gasteiger partial charge in [-0.2, -0.15) is 0 Å². The van der Waals surface area contributed by atoms with Crippen LogP contribution in [0.4, 0.5) is 6.01 Å². The van der Waals surface area contributed by atoms with Crippen LogP contribution in [-0.4, -0.2) is 16.1 Å². The number of halogens is 1. The van der Waals surface area contributed by atoms with Crippen molar-refractivity contribution in [3.05, 3.63) is 63.3 Å². The highest BCUT2D eigenvalue weighted by atomic mass is 35.5. The van der Waals surface area contributed by atoms with Crippen molar-refractivity contribution >= 4 is 45.8 Å². The van der Waals surface area contributed by atoms with E-state index in [4.69, 9.17) is 20.4 Å². The second-order valence-electron chi connectivity index (χ2n) is 4.99. The van der Waals surface area contributed by atoms with Crippen molar-refractivity contribution in [3.8, 4) is 0 Å². The molecule has 24 heavy (non-hydrogen) atoms. The van der Waals surface area contributed by atoms with Crippen molar-refractivity contribution in [3.63, 3.8) is 0 Å². The molecule has 1 aromatic carbocycles. The van der Waals surface area contributed by atoms with E-state index in [1.807, 2.05) is 30.3 Å². The van der Waals surface area contributed by atoms with E-state index in [0.717, 1.165) is 10.3 Å². The Morgan fingerprint density at radius 2 is 2.04 bits per heavy atom. The Balaban J connectivity index is 1.47. The molecule has 0 saturated carbocycles. The van der Waals surface area contributed by atoms with Gasteiger partial charge in [0, 0.05) is 10.3 Å². The van der Waals surface area contributed by atoms with Gasteiger partial charge in [-0.3, -0.25) is 10.1 Å². The fraction of sp³-hybridized carbons (Fsp3) is 0.0625. The maximum absolute atomic E-state index is 12.2. The van der Waals surface area contributed by atoms with Gasteiger partial charge in [-0.15, -0.1) is 16.4 Å². The molecular weight excluding hydrogens is 350 g/mol. The van der Waals surface area contributed by atoms with E-state index in [9.17, 15) is 4.79 Å². The van der Waals surface area contributed by atoms with E-state index in [1.54, 1.807) is 12.1 Å². The number of fused-ring (bicyclic) bond motifs is 1. The van der Waals surface area contributed by atoms with Crippen molar-refractivity contribution in [1.29, 1.82) is 0 Å². The number of rotatable bonds is 4. The van der Waals surface area contributed by atoms with Crippen LogP contribution in [0, 0.1) is 0 Å². The van der Waals surface area contributed by atoms with Crippen LogP contribution in [0.15, 0.2) is 51.3 Å². The van der Waals surface area contributed by atoms with Gasteiger partial charge in [0.2, 0.25) is 5.89 Å². The zero-order chi connectivity index (χ0) is 16.5. The number of hydrogen-bond acceptors (Lipinski definition) is 6. The van der Waals surface area contributed by atoms with Crippen LogP contribution in [0.3, 0.4) is 0 Å². The Kier molecular flexibility index (Phi) is 3.79. The summed E-state index contributed by atoms with van der Waals surface area (Å²) >= 11 is 7.33. The lowest BCUT2D eigenvalue weighted by Gasteiger charge is -1.95. The third kappa shape index (κ3) is 3.04. The molecule has 0 bridgehead atoms. The average molecular weight is 360 g/mol. The molecule has 0 aliphatic carbocycles. The molecule has 0 fully saturated rings. The molecule has 3 aromatic heterocycles. The predicted molar refractivity (Wildman–Crippen MR) is 90.6 cm³/mol. The van der Waals surface area contributed by atoms with Crippen molar-refractivity contribution in [1.82, 2.24) is 10.2 Å². The Morgan fingerprint density at radius 1 is 1.17 bits per heavy atom. The Bertz CT molecular complexity index is 987. The van der Waals surface area contributed by atoms with E-state index >= 15 is 0 Å². The van der Waals surface area contributed by atoms with Gasteiger partial charge in [-0.25, -0.2) is 0 Å². The first-order chi connectivity index (χ1) is 11.7. The molecule has 0 saturated heterocycles. The van der Waals surface area contributed by atoms with Gasteiger partial charge in [0.05, 0.1) is 10.8 Å². The molecule has 0 aliphatic heterocycles. The molecule has 0 unspecified atom stereocenters. The monoisotopic (exact) mass is 359 g/mol. The van der Waals surface area contributed by atoms with Gasteiger partial charge >= 0.3 is 6.01 Å². The summed E-state index contributed by atoms with van der Waals surface area (Å²) in [6.07, 6.45) is 0.463. The lowest BCUT2D eigenvalue weighted by atomic mass is 10.2. The number of amides is 1. The molecule has 0 atom stereocenters. The maximum atomic E-state index is 12.2. The number of aromatic nitrogens is 2. The highest BCUT2D eigenvalue weighted by molar-refractivity contribution is 7.16. The van der Waals surface area contributed by atoms with Crippen LogP contribution in [0.5, 0.6) is 0 Å². The summed E-state index contributed by atoms with van der Waals surface area (Å²) < 4.78 is 11.6. The first kappa shape index (κ1) is 14.9. The van der Waals surface area contributed by atoms with Crippen LogP contribution < -0.4 is 5.32 Å². The smallest absolute Gasteiger partial charge is 0.322 e. The molecule has 0 spiro atoms. The third-order valence-electron chi connectivity index (χ3n) is 3.29. The van der Waals surface area contributed by atoms with Crippen LogP contribution in [0.1, 0.15) is 21.3 Å². The molecule has 120 valence electrons. The molecule has 8 heteroatoms. The second-order valence-corrected chi connectivity index (χ2v) is 6.79. The summed E-state index contributed by atoms with van der Waals surface area (Å²) in [5, 5.41) is 11.1. The molecule has 0 aliphatic rings. The number of thiophene rings is 1. The van der Waals surface area contributed by atoms with Crippen LogP contribution in [0.2, 0.25) is 4.34 Å². The number of furan rings is 1. The SMILES string of the molecule is O=C(Nc1nnc(Cc2ccc(Cl)s2)o1)c1cc2ccccc2o1. The Hall–Kier alpha value is -2.64. The number of carbonyl (C=O) groups excluding carboxylic acids is 1. The number of nitrogens with one attached hydrogen (secondary N) is 1. The minimum absolute atomic E-state index is 0.0260. The summed E-state index contributed by atoms with van der Waals surface area (Å²) in [6.45, 7) is 0. The number of carbonyl (C=O) groups is 1. The number of nitrogens with zero attached hydrogens (tertiary/aromatic N) is 2. The minimum Gasteiger partial charge on any atom is -0.451 e. The third-order valence-corrected chi connectivity index (χ3v) is 4.52. The predicted octanol–water partition coefficient (Wildman–Crippen LogP) is 4.37. The number of benzene rings is 1. The summed E-state index contributed by atoms with van der Waals surface area (Å²) in [7, 11) is 0. The van der Waals surface area contributed by atoms with E-state index in [-0.39, 0.29) is 11.8 Å². The van der Waals surface area contributed by atoms with Gasteiger partial charge in [0.1, 0.15) is 5.58 Å². The van der Waals surface area contributed by atoms with Crippen molar-refractivity contribution in [2.75, 3.05) is 5.32 Å². The minimum atomic E-state index is -0.444. The van der Waals surface area contributed by atoms with E-state index in [2.05, 4.69) is 15.5 Å². The number of para-hydroxylation sites is 1. The average Bonchev–Trinajstić information content (AvgIpc) is 3.27. The molecule has 4 rings (SSSR count). The summed E-state index contributed by atoms with van der Waals surface area (Å²) in [6, 6.07) is 12.8. The van der Waals surface area contributed by atoms with Crippen LogP contribution >= 0.6 is 22.9 Å². The molecule has 6 nitrogen and oxygen atoms in total. The second kappa shape index (κ2) is 6.10. The molecule has 0 radical (unpaired) electrons. The highest BCUT2D eigenvalue weighted by Crippen LogP contribution is 2.24. The van der Waals surface area contributed by atoms with Crippen molar-refractivity contribution in [2.24, 2.45) is 0 Å². The van der Waals surface area contributed by atoms with E-state index in [1.165, 1.54) is 11.3 Å². The lowest BCUT2D eigenvalue weighted by molar-refractivity contribution is 0.0995. The van der Waals surface area contributed by atoms with Gasteiger partial charge < -0.3 is 8.83 Å². The largest absolute Gasteiger partial charge is 0.451 e. The summed E-state index contributed by atoms with van der Waals surface area (Å²) in [5.74, 6) is 0.134. The highest BCUT2D eigenvalue weighted by Gasteiger charge is 2.16. The quantitative estimate of drug-likeness (QED) is 0.585. The Morgan fingerprint density at radius 3 is 2.83 bits per heavy atom. The van der Waals surface area contributed by atoms with Gasteiger partial charge in [-0.05, 0) is 24.3 Å². The van der Waals surface area contributed by atoms with Gasteiger partial charge in [-0.1, -0.05) is 34.9 Å². The fourth-order valence-electron chi connectivity index (χ4n) is 2.22. The van der Waals surface area contributed by atoms with Gasteiger partial charge in [0.25, 0.3) is 5.91 Å². The van der Waals surface area contributed by atoms with Crippen molar-refractivity contribution in [2.45, 2.75) is 6.42 Å². The maximum Gasteiger partial charge on any atom is 0.322 e. The first-order valence-electron chi connectivity index (χ1n) is 7.04. The first-order valence-corrected chi connectivity index (χ1v) is 8.23. The number of hydrogen-bond donors (Lipinski definition) is 1. The zero-order valence-corrected chi connectivity index (χ0v) is 13.7. The number of anilines is 1. The molecule has 4 aromatic rings. The molecule has 3 heterocycles. The van der Waals surface area contributed by atoms with E-state index in [0.29, 0.717) is 22.2 Å². The topological polar surface area (TPSA) is 81.2 Å². The molecule has 1 amide bonds. The zero-order valence-electron chi connectivity index (χ0n) is 12.2. The summed E-state index contributed by atoms with van der Waals surface area (Å²) in [5.41, 5.74) is 0.642. The van der Waals surface area contributed by atoms with Crippen molar-refractivity contribution < 1.29 is 13.6 Å². The molecular formula is C16H10ClN3O3S.